The molecule has 0 amide bonds. The van der Waals surface area contributed by atoms with Gasteiger partial charge in [0.25, 0.3) is 0 Å². The maximum atomic E-state index is 5.53. The number of hydrogen-bond donors (Lipinski definition) is 1. The molecule has 1 aromatic rings. The van der Waals surface area contributed by atoms with Crippen molar-refractivity contribution >= 4 is 35.6 Å². The molecule has 0 spiro atoms. The van der Waals surface area contributed by atoms with Gasteiger partial charge < -0.3 is 24.6 Å². The fraction of sp³-hybridized carbons (Fsp3) is 0.682. The summed E-state index contributed by atoms with van der Waals surface area (Å²) in [6, 6.07) is 8.82. The van der Waals surface area contributed by atoms with Crippen LogP contribution in [0.1, 0.15) is 13.8 Å². The van der Waals surface area contributed by atoms with Gasteiger partial charge in [0.05, 0.1) is 20.3 Å². The Balaban J connectivity index is 0.00000320. The first-order valence-corrected chi connectivity index (χ1v) is 10.8. The largest absolute Gasteiger partial charge is 0.497 e. The van der Waals surface area contributed by atoms with Crippen molar-refractivity contribution in [1.82, 2.24) is 15.1 Å². The summed E-state index contributed by atoms with van der Waals surface area (Å²) in [6.45, 7) is 13.2. The van der Waals surface area contributed by atoms with E-state index in [2.05, 4.69) is 51.0 Å². The quantitative estimate of drug-likeness (QED) is 0.346. The van der Waals surface area contributed by atoms with Crippen molar-refractivity contribution in [3.63, 3.8) is 0 Å². The first-order valence-electron chi connectivity index (χ1n) is 10.8. The van der Waals surface area contributed by atoms with E-state index in [-0.39, 0.29) is 24.0 Å². The third-order valence-electron chi connectivity index (χ3n) is 5.98. The first kappa shape index (κ1) is 25.0. The van der Waals surface area contributed by atoms with Gasteiger partial charge in [0.2, 0.25) is 0 Å². The second-order valence-electron chi connectivity index (χ2n) is 8.06. The monoisotopic (exact) mass is 531 g/mol. The fourth-order valence-corrected chi connectivity index (χ4v) is 4.19. The highest BCUT2D eigenvalue weighted by Gasteiger charge is 2.25. The first-order chi connectivity index (χ1) is 14.1. The summed E-state index contributed by atoms with van der Waals surface area (Å²) in [6.07, 6.45) is 0. The maximum Gasteiger partial charge on any atom is 0.193 e. The lowest BCUT2D eigenvalue weighted by Gasteiger charge is -2.40. The summed E-state index contributed by atoms with van der Waals surface area (Å²) < 4.78 is 10.8. The van der Waals surface area contributed by atoms with Crippen LogP contribution in [0.5, 0.6) is 5.75 Å². The lowest BCUT2D eigenvalue weighted by molar-refractivity contribution is 0.00739. The number of ether oxygens (including phenoxy) is 2. The van der Waals surface area contributed by atoms with E-state index in [0.29, 0.717) is 12.0 Å². The minimum absolute atomic E-state index is 0. The summed E-state index contributed by atoms with van der Waals surface area (Å²) in [4.78, 5) is 11.9. The SMILES string of the molecule is CN=C(NCC(C(C)C)N1CCOCC1)N1CCN(c2ccc(OC)cc2)CC1.I. The highest BCUT2D eigenvalue weighted by atomic mass is 127. The minimum atomic E-state index is 0. The van der Waals surface area contributed by atoms with Crippen LogP contribution in [0.4, 0.5) is 5.69 Å². The smallest absolute Gasteiger partial charge is 0.193 e. The molecule has 1 atom stereocenters. The number of aliphatic imine (C=N–C) groups is 1. The molecule has 3 rings (SSSR count). The van der Waals surface area contributed by atoms with Crippen LogP contribution in [-0.4, -0.2) is 95.0 Å². The van der Waals surface area contributed by atoms with Crippen LogP contribution >= 0.6 is 24.0 Å². The van der Waals surface area contributed by atoms with Crippen LogP contribution in [0.3, 0.4) is 0 Å². The normalized spacial score (nSPS) is 19.4. The lowest BCUT2D eigenvalue weighted by Crippen LogP contribution is -2.56. The molecular weight excluding hydrogens is 493 g/mol. The number of nitrogens with one attached hydrogen (secondary N) is 1. The average Bonchev–Trinajstić information content (AvgIpc) is 2.77. The molecule has 8 heteroatoms. The van der Waals surface area contributed by atoms with E-state index in [4.69, 9.17) is 9.47 Å². The summed E-state index contributed by atoms with van der Waals surface area (Å²) >= 11 is 0. The molecule has 0 aliphatic carbocycles. The number of anilines is 1. The highest BCUT2D eigenvalue weighted by molar-refractivity contribution is 14.0. The molecule has 2 aliphatic rings. The van der Waals surface area contributed by atoms with Gasteiger partial charge in [-0.25, -0.2) is 0 Å². The van der Waals surface area contributed by atoms with E-state index in [1.54, 1.807) is 7.11 Å². The van der Waals surface area contributed by atoms with Crippen LogP contribution in [-0.2, 0) is 4.74 Å². The van der Waals surface area contributed by atoms with E-state index in [0.717, 1.165) is 70.7 Å². The second kappa shape index (κ2) is 12.6. The van der Waals surface area contributed by atoms with Crippen LogP contribution in [0.15, 0.2) is 29.3 Å². The van der Waals surface area contributed by atoms with Gasteiger partial charge in [-0.1, -0.05) is 13.8 Å². The number of hydrogen-bond acceptors (Lipinski definition) is 5. The zero-order valence-corrected chi connectivity index (χ0v) is 21.2. The zero-order chi connectivity index (χ0) is 20.6. The van der Waals surface area contributed by atoms with Gasteiger partial charge >= 0.3 is 0 Å². The Kier molecular flexibility index (Phi) is 10.5. The van der Waals surface area contributed by atoms with Crippen molar-refractivity contribution in [2.45, 2.75) is 19.9 Å². The lowest BCUT2D eigenvalue weighted by atomic mass is 10.0. The predicted molar refractivity (Wildman–Crippen MR) is 135 cm³/mol. The minimum Gasteiger partial charge on any atom is -0.497 e. The molecule has 1 unspecified atom stereocenters. The highest BCUT2D eigenvalue weighted by Crippen LogP contribution is 2.20. The summed E-state index contributed by atoms with van der Waals surface area (Å²) in [7, 11) is 3.59. The van der Waals surface area contributed by atoms with Gasteiger partial charge in [-0.3, -0.25) is 9.89 Å². The molecule has 0 radical (unpaired) electrons. The number of methoxy groups -OCH3 is 1. The van der Waals surface area contributed by atoms with E-state index < -0.39 is 0 Å². The number of piperazine rings is 1. The van der Waals surface area contributed by atoms with Crippen LogP contribution in [0.2, 0.25) is 0 Å². The van der Waals surface area contributed by atoms with E-state index >= 15 is 0 Å². The molecule has 2 heterocycles. The molecule has 170 valence electrons. The van der Waals surface area contributed by atoms with Crippen molar-refractivity contribution in [2.75, 3.05) is 78.1 Å². The molecule has 2 saturated heterocycles. The Morgan fingerprint density at radius 2 is 1.70 bits per heavy atom. The topological polar surface area (TPSA) is 52.6 Å². The van der Waals surface area contributed by atoms with Crippen LogP contribution in [0.25, 0.3) is 0 Å². The van der Waals surface area contributed by atoms with Crippen molar-refractivity contribution in [1.29, 1.82) is 0 Å². The Hall–Kier alpha value is -1.26. The Bertz CT molecular complexity index is 641. The number of guanidine groups is 1. The third kappa shape index (κ3) is 6.62. The molecule has 2 fully saturated rings. The molecule has 30 heavy (non-hydrogen) atoms. The zero-order valence-electron chi connectivity index (χ0n) is 18.8. The van der Waals surface area contributed by atoms with E-state index in [1.807, 2.05) is 19.2 Å². The number of nitrogens with zero attached hydrogens (tertiary/aromatic N) is 4. The van der Waals surface area contributed by atoms with Gasteiger partial charge in [-0.05, 0) is 30.2 Å². The number of halogens is 1. The fourth-order valence-electron chi connectivity index (χ4n) is 4.19. The Labute approximate surface area is 198 Å². The number of rotatable bonds is 6. The molecular formula is C22H38IN5O2. The summed E-state index contributed by atoms with van der Waals surface area (Å²) in [5.41, 5.74) is 1.25. The third-order valence-corrected chi connectivity index (χ3v) is 5.98. The van der Waals surface area contributed by atoms with E-state index in [9.17, 15) is 0 Å². The van der Waals surface area contributed by atoms with Gasteiger partial charge in [0.1, 0.15) is 5.75 Å². The second-order valence-corrected chi connectivity index (χ2v) is 8.06. The summed E-state index contributed by atoms with van der Waals surface area (Å²) in [5, 5.41) is 3.65. The molecule has 1 N–H and O–H groups in total. The average molecular weight is 531 g/mol. The van der Waals surface area contributed by atoms with Crippen molar-refractivity contribution < 1.29 is 9.47 Å². The van der Waals surface area contributed by atoms with E-state index in [1.165, 1.54) is 5.69 Å². The maximum absolute atomic E-state index is 5.53. The molecule has 0 aromatic heterocycles. The Morgan fingerprint density at radius 1 is 1.07 bits per heavy atom. The van der Waals surface area contributed by atoms with Gasteiger partial charge in [-0.15, -0.1) is 24.0 Å². The summed E-state index contributed by atoms with van der Waals surface area (Å²) in [5.74, 6) is 2.50. The predicted octanol–water partition coefficient (Wildman–Crippen LogP) is 2.37. The molecule has 1 aromatic carbocycles. The molecule has 0 bridgehead atoms. The number of benzene rings is 1. The molecule has 2 aliphatic heterocycles. The number of morpholine rings is 1. The van der Waals surface area contributed by atoms with Crippen molar-refractivity contribution in [3.05, 3.63) is 24.3 Å². The van der Waals surface area contributed by atoms with Crippen molar-refractivity contribution in [2.24, 2.45) is 10.9 Å². The van der Waals surface area contributed by atoms with Crippen LogP contribution in [0, 0.1) is 5.92 Å². The van der Waals surface area contributed by atoms with Crippen LogP contribution < -0.4 is 15.0 Å². The van der Waals surface area contributed by atoms with Gasteiger partial charge in [-0.2, -0.15) is 0 Å². The molecule has 0 saturated carbocycles. The standard InChI is InChI=1S/C22H37N5O2.HI/c1-18(2)21(26-13-15-29-16-14-26)17-24-22(23-3)27-11-9-25(10-12-27)19-5-7-20(28-4)8-6-19;/h5-8,18,21H,9-17H2,1-4H3,(H,23,24);1H. The molecule has 7 nitrogen and oxygen atoms in total. The Morgan fingerprint density at radius 3 is 2.23 bits per heavy atom. The van der Waals surface area contributed by atoms with Gasteiger partial charge in [0, 0.05) is 64.6 Å². The van der Waals surface area contributed by atoms with Crippen molar-refractivity contribution in [3.8, 4) is 5.75 Å². The van der Waals surface area contributed by atoms with Gasteiger partial charge in [0.15, 0.2) is 5.96 Å².